The minimum atomic E-state index is -0.440. The molecule has 0 aromatic heterocycles. The molecular weight excluding hydrogens is 296 g/mol. The first-order chi connectivity index (χ1) is 8.52. The molecule has 1 unspecified atom stereocenters. The highest BCUT2D eigenvalue weighted by Crippen LogP contribution is 2.21. The van der Waals surface area contributed by atoms with Gasteiger partial charge in [0.25, 0.3) is 0 Å². The van der Waals surface area contributed by atoms with Gasteiger partial charge in [0.15, 0.2) is 5.78 Å². The normalized spacial score (nSPS) is 12.0. The molecular formula is C14H17BrO3. The van der Waals surface area contributed by atoms with Gasteiger partial charge in [-0.2, -0.15) is 0 Å². The zero-order valence-corrected chi connectivity index (χ0v) is 12.4. The van der Waals surface area contributed by atoms with Gasteiger partial charge in [0.2, 0.25) is 0 Å². The largest absolute Gasteiger partial charge is 0.462 e. The molecule has 0 amide bonds. The average Bonchev–Trinajstić information content (AvgIpc) is 2.37. The number of carbonyl (C=O) groups is 2. The smallest absolute Gasteiger partial charge is 0.338 e. The van der Waals surface area contributed by atoms with Gasteiger partial charge in [0, 0.05) is 5.56 Å². The van der Waals surface area contributed by atoms with E-state index in [1.54, 1.807) is 26.0 Å². The van der Waals surface area contributed by atoms with Gasteiger partial charge in [-0.1, -0.05) is 35.0 Å². The second kappa shape index (κ2) is 6.69. The molecule has 0 fully saturated rings. The van der Waals surface area contributed by atoms with E-state index in [4.69, 9.17) is 4.74 Å². The monoisotopic (exact) mass is 312 g/mol. The quantitative estimate of drug-likeness (QED) is 0.475. The van der Waals surface area contributed by atoms with Crippen LogP contribution in [0.2, 0.25) is 0 Å². The second-order valence-electron chi connectivity index (χ2n) is 3.89. The highest BCUT2D eigenvalue weighted by Gasteiger charge is 2.23. The van der Waals surface area contributed by atoms with Gasteiger partial charge >= 0.3 is 5.97 Å². The third-order valence-corrected chi connectivity index (χ3v) is 3.05. The van der Waals surface area contributed by atoms with Crippen LogP contribution in [0.3, 0.4) is 0 Å². The maximum Gasteiger partial charge on any atom is 0.338 e. The molecule has 1 aromatic carbocycles. The maximum atomic E-state index is 12.2. The molecule has 18 heavy (non-hydrogen) atoms. The molecule has 0 saturated carbocycles. The highest BCUT2D eigenvalue weighted by atomic mass is 79.9. The summed E-state index contributed by atoms with van der Waals surface area (Å²) in [6, 6.07) is 5.28. The molecule has 98 valence electrons. The van der Waals surface area contributed by atoms with Crippen LogP contribution in [0.1, 0.15) is 47.1 Å². The van der Waals surface area contributed by atoms with Crippen molar-refractivity contribution in [3.05, 3.63) is 34.9 Å². The summed E-state index contributed by atoms with van der Waals surface area (Å²) in [5.74, 6) is -0.528. The number of hydrogen-bond acceptors (Lipinski definition) is 3. The number of aryl methyl sites for hydroxylation is 1. The summed E-state index contributed by atoms with van der Waals surface area (Å²) in [4.78, 5) is 23.7. The first kappa shape index (κ1) is 14.9. The van der Waals surface area contributed by atoms with Crippen molar-refractivity contribution in [3.63, 3.8) is 0 Å². The Morgan fingerprint density at radius 3 is 2.50 bits per heavy atom. The summed E-state index contributed by atoms with van der Waals surface area (Å²) >= 11 is 3.26. The van der Waals surface area contributed by atoms with Gasteiger partial charge in [0.1, 0.15) is 0 Å². The maximum absolute atomic E-state index is 12.2. The average molecular weight is 313 g/mol. The standard InChI is InChI=1S/C14H17BrO3/c1-4-10-7-6-8-11(14(17)18-5-2)12(10)13(16)9(3)15/h6-9H,4-5H2,1-3H3. The fourth-order valence-corrected chi connectivity index (χ4v) is 1.99. The van der Waals surface area contributed by atoms with E-state index in [1.807, 2.05) is 13.0 Å². The number of carbonyl (C=O) groups excluding carboxylic acids is 2. The van der Waals surface area contributed by atoms with Gasteiger partial charge in [0.05, 0.1) is 17.0 Å². The molecule has 4 heteroatoms. The summed E-state index contributed by atoms with van der Waals surface area (Å²) < 4.78 is 4.99. The van der Waals surface area contributed by atoms with Crippen LogP contribution in [0, 0.1) is 0 Å². The van der Waals surface area contributed by atoms with Crippen molar-refractivity contribution >= 4 is 27.7 Å². The van der Waals surface area contributed by atoms with Gasteiger partial charge in [-0.15, -0.1) is 0 Å². The molecule has 0 aliphatic rings. The molecule has 1 aromatic rings. The van der Waals surface area contributed by atoms with E-state index < -0.39 is 5.97 Å². The molecule has 0 aliphatic heterocycles. The first-order valence-electron chi connectivity index (χ1n) is 6.00. The topological polar surface area (TPSA) is 43.4 Å². The van der Waals surface area contributed by atoms with Crippen LogP contribution in [0.4, 0.5) is 0 Å². The van der Waals surface area contributed by atoms with E-state index in [2.05, 4.69) is 15.9 Å². The van der Waals surface area contributed by atoms with Gasteiger partial charge < -0.3 is 4.74 Å². The van der Waals surface area contributed by atoms with Crippen molar-refractivity contribution in [1.29, 1.82) is 0 Å². The van der Waals surface area contributed by atoms with Crippen molar-refractivity contribution in [1.82, 2.24) is 0 Å². The van der Waals surface area contributed by atoms with Gasteiger partial charge in [-0.3, -0.25) is 4.79 Å². The molecule has 0 heterocycles. The van der Waals surface area contributed by atoms with Crippen molar-refractivity contribution < 1.29 is 14.3 Å². The minimum absolute atomic E-state index is 0.0875. The molecule has 0 aliphatic carbocycles. The Morgan fingerprint density at radius 1 is 1.33 bits per heavy atom. The molecule has 0 bridgehead atoms. The summed E-state index contributed by atoms with van der Waals surface area (Å²) in [7, 11) is 0. The van der Waals surface area contributed by atoms with E-state index in [9.17, 15) is 9.59 Å². The van der Waals surface area contributed by atoms with Crippen molar-refractivity contribution in [2.45, 2.75) is 32.0 Å². The minimum Gasteiger partial charge on any atom is -0.462 e. The Morgan fingerprint density at radius 2 is 2.00 bits per heavy atom. The van der Waals surface area contributed by atoms with Crippen LogP contribution >= 0.6 is 15.9 Å². The molecule has 3 nitrogen and oxygen atoms in total. The van der Waals surface area contributed by atoms with Gasteiger partial charge in [-0.05, 0) is 31.9 Å². The number of hydrogen-bond donors (Lipinski definition) is 0. The number of ketones is 1. The highest BCUT2D eigenvalue weighted by molar-refractivity contribution is 9.10. The predicted octanol–water partition coefficient (Wildman–Crippen LogP) is 3.39. The predicted molar refractivity (Wildman–Crippen MR) is 74.5 cm³/mol. The van der Waals surface area contributed by atoms with E-state index in [-0.39, 0.29) is 10.6 Å². The lowest BCUT2D eigenvalue weighted by atomic mass is 9.94. The number of rotatable bonds is 5. The van der Waals surface area contributed by atoms with Crippen LogP contribution in [-0.4, -0.2) is 23.2 Å². The van der Waals surface area contributed by atoms with Crippen molar-refractivity contribution in [2.24, 2.45) is 0 Å². The van der Waals surface area contributed by atoms with E-state index in [0.717, 1.165) is 5.56 Å². The van der Waals surface area contributed by atoms with Crippen LogP contribution in [0.25, 0.3) is 0 Å². The Bertz CT molecular complexity index is 452. The number of ether oxygens (including phenoxy) is 1. The first-order valence-corrected chi connectivity index (χ1v) is 6.91. The number of alkyl halides is 1. The lowest BCUT2D eigenvalue weighted by Gasteiger charge is -2.13. The summed E-state index contributed by atoms with van der Waals surface area (Å²) in [6.07, 6.45) is 0.702. The number of Topliss-reactive ketones (excluding diaryl/α,β-unsaturated/α-hetero) is 1. The molecule has 0 N–H and O–H groups in total. The Hall–Kier alpha value is -1.16. The third-order valence-electron chi connectivity index (χ3n) is 2.63. The molecule has 1 rings (SSSR count). The molecule has 0 saturated heterocycles. The van der Waals surface area contributed by atoms with Gasteiger partial charge in [-0.25, -0.2) is 4.79 Å². The van der Waals surface area contributed by atoms with Crippen LogP contribution in [0.5, 0.6) is 0 Å². The van der Waals surface area contributed by atoms with E-state index in [1.165, 1.54) is 0 Å². The Balaban J connectivity index is 3.33. The van der Waals surface area contributed by atoms with Crippen LogP contribution in [0.15, 0.2) is 18.2 Å². The summed E-state index contributed by atoms with van der Waals surface area (Å²) in [6.45, 7) is 5.76. The number of benzene rings is 1. The second-order valence-corrected chi connectivity index (χ2v) is 5.27. The lowest BCUT2D eigenvalue weighted by Crippen LogP contribution is -2.19. The van der Waals surface area contributed by atoms with Crippen LogP contribution in [-0.2, 0) is 11.2 Å². The molecule has 1 atom stereocenters. The summed E-state index contributed by atoms with van der Waals surface area (Å²) in [5, 5.41) is 0. The molecule has 0 radical (unpaired) electrons. The number of halogens is 1. The van der Waals surface area contributed by atoms with Crippen LogP contribution < -0.4 is 0 Å². The van der Waals surface area contributed by atoms with Crippen molar-refractivity contribution in [2.75, 3.05) is 6.61 Å². The van der Waals surface area contributed by atoms with E-state index >= 15 is 0 Å². The lowest BCUT2D eigenvalue weighted by molar-refractivity contribution is 0.0523. The fraction of sp³-hybridized carbons (Fsp3) is 0.429. The fourth-order valence-electron chi connectivity index (χ4n) is 1.76. The molecule has 0 spiro atoms. The van der Waals surface area contributed by atoms with E-state index in [0.29, 0.717) is 24.2 Å². The Labute approximate surface area is 116 Å². The zero-order valence-electron chi connectivity index (χ0n) is 10.8. The Kier molecular flexibility index (Phi) is 5.54. The van der Waals surface area contributed by atoms with Crippen molar-refractivity contribution in [3.8, 4) is 0 Å². The zero-order chi connectivity index (χ0) is 13.7. The third kappa shape index (κ3) is 3.19. The number of esters is 1. The summed E-state index contributed by atoms with van der Waals surface area (Å²) in [5.41, 5.74) is 1.70. The SMILES string of the molecule is CCOC(=O)c1cccc(CC)c1C(=O)C(C)Br.